The normalized spacial score (nSPS) is 11.8. The first-order valence-corrected chi connectivity index (χ1v) is 10.4. The molecule has 0 fully saturated rings. The second-order valence-electron chi connectivity index (χ2n) is 7.74. The van der Waals surface area contributed by atoms with Crippen LogP contribution in [0, 0.1) is 26.7 Å². The van der Waals surface area contributed by atoms with E-state index in [0.717, 1.165) is 22.6 Å². The van der Waals surface area contributed by atoms with Crippen molar-refractivity contribution in [3.8, 4) is 5.69 Å². The molecule has 0 aliphatic carbocycles. The molecule has 0 aliphatic heterocycles. The molecule has 31 heavy (non-hydrogen) atoms. The summed E-state index contributed by atoms with van der Waals surface area (Å²) in [5.74, 6) is -2.16. The Hall–Kier alpha value is -3.18. The summed E-state index contributed by atoms with van der Waals surface area (Å²) in [4.78, 5) is 37.9. The zero-order valence-electron chi connectivity index (χ0n) is 18.0. The Bertz CT molecular complexity index is 1130. The molecule has 3 rings (SSSR count). The van der Waals surface area contributed by atoms with Crippen LogP contribution in [-0.4, -0.2) is 22.0 Å². The van der Waals surface area contributed by atoms with E-state index < -0.39 is 11.8 Å². The Morgan fingerprint density at radius 1 is 0.968 bits per heavy atom. The number of aromatic nitrogens is 1. The molecule has 5 nitrogen and oxygen atoms in total. The lowest BCUT2D eigenvalue weighted by atomic mass is 9.94. The molecule has 1 atom stereocenters. The van der Waals surface area contributed by atoms with Gasteiger partial charge in [0, 0.05) is 39.8 Å². The third-order valence-electron chi connectivity index (χ3n) is 5.33. The number of ketones is 2. The predicted molar refractivity (Wildman–Crippen MR) is 123 cm³/mol. The van der Waals surface area contributed by atoms with Crippen molar-refractivity contribution in [3.63, 3.8) is 0 Å². The van der Waals surface area contributed by atoms with Crippen LogP contribution >= 0.6 is 11.6 Å². The lowest BCUT2D eigenvalue weighted by molar-refractivity contribution is -0.129. The van der Waals surface area contributed by atoms with E-state index in [2.05, 4.69) is 5.32 Å². The number of carbonyl (C=O) groups excluding carboxylic acids is 3. The summed E-state index contributed by atoms with van der Waals surface area (Å²) < 4.78 is 2.00. The van der Waals surface area contributed by atoms with Crippen molar-refractivity contribution in [2.75, 3.05) is 5.32 Å². The summed E-state index contributed by atoms with van der Waals surface area (Å²) in [5, 5.41) is 3.24. The molecule has 3 aromatic rings. The van der Waals surface area contributed by atoms with Gasteiger partial charge in [0.2, 0.25) is 5.91 Å². The minimum Gasteiger partial charge on any atom is -0.325 e. The fourth-order valence-corrected chi connectivity index (χ4v) is 3.74. The van der Waals surface area contributed by atoms with Crippen LogP contribution in [-0.2, 0) is 9.59 Å². The van der Waals surface area contributed by atoms with Crippen LogP contribution < -0.4 is 5.32 Å². The van der Waals surface area contributed by atoms with Crippen molar-refractivity contribution in [2.45, 2.75) is 34.1 Å². The maximum absolute atomic E-state index is 13.1. The number of hydrogen-bond acceptors (Lipinski definition) is 3. The van der Waals surface area contributed by atoms with Crippen molar-refractivity contribution >= 4 is 34.8 Å². The Balaban J connectivity index is 1.82. The Labute approximate surface area is 187 Å². The van der Waals surface area contributed by atoms with E-state index in [1.54, 1.807) is 24.3 Å². The number of halogens is 1. The first-order chi connectivity index (χ1) is 14.7. The molecule has 160 valence electrons. The summed E-state index contributed by atoms with van der Waals surface area (Å²) in [6, 6.07) is 16.4. The highest BCUT2D eigenvalue weighted by atomic mass is 35.5. The Kier molecular flexibility index (Phi) is 6.76. The summed E-state index contributed by atoms with van der Waals surface area (Å²) in [5.41, 5.74) is 4.84. The van der Waals surface area contributed by atoms with Gasteiger partial charge in [-0.3, -0.25) is 14.4 Å². The molecular formula is C25H25ClN2O3. The molecule has 2 aromatic carbocycles. The van der Waals surface area contributed by atoms with E-state index in [-0.39, 0.29) is 18.0 Å². The third kappa shape index (κ3) is 5.12. The highest BCUT2D eigenvalue weighted by molar-refractivity contribution is 6.30. The third-order valence-corrected chi connectivity index (χ3v) is 5.58. The second kappa shape index (κ2) is 9.31. The average Bonchev–Trinajstić information content (AvgIpc) is 3.02. The van der Waals surface area contributed by atoms with Crippen LogP contribution in [0.4, 0.5) is 5.69 Å². The van der Waals surface area contributed by atoms with E-state index in [1.807, 2.05) is 55.7 Å². The number of hydrogen-bond donors (Lipinski definition) is 1. The lowest BCUT2D eigenvalue weighted by Crippen LogP contribution is -2.30. The van der Waals surface area contributed by atoms with E-state index in [0.29, 0.717) is 16.3 Å². The smallest absolute Gasteiger partial charge is 0.235 e. The summed E-state index contributed by atoms with van der Waals surface area (Å²) in [6.45, 7) is 7.15. The van der Waals surface area contributed by atoms with Gasteiger partial charge in [0.1, 0.15) is 11.7 Å². The topological polar surface area (TPSA) is 68.2 Å². The van der Waals surface area contributed by atoms with Crippen LogP contribution in [0.1, 0.15) is 40.7 Å². The molecule has 1 unspecified atom stereocenters. The maximum atomic E-state index is 13.1. The molecule has 0 saturated heterocycles. The van der Waals surface area contributed by atoms with Crippen LogP contribution in [0.5, 0.6) is 0 Å². The number of nitrogens with zero attached hydrogens (tertiary/aromatic N) is 1. The molecule has 6 heteroatoms. The number of anilines is 1. The lowest BCUT2D eigenvalue weighted by Gasteiger charge is -2.14. The van der Waals surface area contributed by atoms with Crippen molar-refractivity contribution in [1.29, 1.82) is 0 Å². The first kappa shape index (κ1) is 22.5. The van der Waals surface area contributed by atoms with Gasteiger partial charge in [-0.25, -0.2) is 0 Å². The predicted octanol–water partition coefficient (Wildman–Crippen LogP) is 5.47. The zero-order chi connectivity index (χ0) is 22.7. The Morgan fingerprint density at radius 2 is 1.58 bits per heavy atom. The van der Waals surface area contributed by atoms with Gasteiger partial charge in [-0.15, -0.1) is 0 Å². The van der Waals surface area contributed by atoms with Crippen molar-refractivity contribution < 1.29 is 14.4 Å². The standard InChI is InChI=1S/C25H25ClN2O3/c1-15-5-11-21(12-6-15)28-16(2)13-22(17(28)3)24(30)14-23(18(4)29)25(31)27-20-9-7-19(26)8-10-20/h5-13,23H,14H2,1-4H3,(H,27,31). The van der Waals surface area contributed by atoms with Crippen molar-refractivity contribution in [1.82, 2.24) is 4.57 Å². The van der Waals surface area contributed by atoms with Gasteiger partial charge >= 0.3 is 0 Å². The number of nitrogens with one attached hydrogen (secondary N) is 1. The largest absolute Gasteiger partial charge is 0.325 e. The summed E-state index contributed by atoms with van der Waals surface area (Å²) in [6.07, 6.45) is -0.188. The zero-order valence-corrected chi connectivity index (χ0v) is 18.8. The number of Topliss-reactive ketones (excluding diaryl/α,β-unsaturated/α-hetero) is 2. The van der Waals surface area contributed by atoms with Gasteiger partial charge in [0.25, 0.3) is 0 Å². The fraction of sp³-hybridized carbons (Fsp3) is 0.240. The summed E-state index contributed by atoms with van der Waals surface area (Å²) in [7, 11) is 0. The highest BCUT2D eigenvalue weighted by Gasteiger charge is 2.28. The molecule has 0 radical (unpaired) electrons. The molecule has 0 bridgehead atoms. The molecule has 1 heterocycles. The quantitative estimate of drug-likeness (QED) is 0.394. The van der Waals surface area contributed by atoms with Gasteiger partial charge in [0.05, 0.1) is 0 Å². The minimum absolute atomic E-state index is 0.188. The van der Waals surface area contributed by atoms with Crippen LogP contribution in [0.3, 0.4) is 0 Å². The van der Waals surface area contributed by atoms with Gasteiger partial charge in [-0.05, 0) is 70.2 Å². The summed E-state index contributed by atoms with van der Waals surface area (Å²) >= 11 is 5.87. The van der Waals surface area contributed by atoms with E-state index in [1.165, 1.54) is 6.92 Å². The maximum Gasteiger partial charge on any atom is 0.235 e. The molecule has 0 aliphatic rings. The number of aryl methyl sites for hydroxylation is 2. The number of benzene rings is 2. The van der Waals surface area contributed by atoms with Gasteiger partial charge < -0.3 is 9.88 Å². The molecule has 0 spiro atoms. The molecule has 1 aromatic heterocycles. The van der Waals surface area contributed by atoms with Crippen LogP contribution in [0.2, 0.25) is 5.02 Å². The molecule has 1 amide bonds. The molecule has 1 N–H and O–H groups in total. The first-order valence-electron chi connectivity index (χ1n) is 10.0. The van der Waals surface area contributed by atoms with Crippen molar-refractivity contribution in [2.24, 2.45) is 5.92 Å². The molecular weight excluding hydrogens is 412 g/mol. The van der Waals surface area contributed by atoms with Gasteiger partial charge in [0.15, 0.2) is 5.78 Å². The van der Waals surface area contributed by atoms with Gasteiger partial charge in [-0.2, -0.15) is 0 Å². The van der Waals surface area contributed by atoms with E-state index in [9.17, 15) is 14.4 Å². The van der Waals surface area contributed by atoms with E-state index >= 15 is 0 Å². The average molecular weight is 437 g/mol. The number of rotatable bonds is 7. The Morgan fingerprint density at radius 3 is 2.16 bits per heavy atom. The second-order valence-corrected chi connectivity index (χ2v) is 8.18. The number of amides is 1. The highest BCUT2D eigenvalue weighted by Crippen LogP contribution is 2.24. The van der Waals surface area contributed by atoms with Crippen molar-refractivity contribution in [3.05, 3.63) is 82.1 Å². The van der Waals surface area contributed by atoms with Crippen LogP contribution in [0.15, 0.2) is 54.6 Å². The molecule has 0 saturated carbocycles. The SMILES string of the molecule is CC(=O)C(CC(=O)c1cc(C)n(-c2ccc(C)cc2)c1C)C(=O)Nc1ccc(Cl)cc1. The monoisotopic (exact) mass is 436 g/mol. The van der Waals surface area contributed by atoms with Gasteiger partial charge in [-0.1, -0.05) is 29.3 Å². The number of carbonyl (C=O) groups is 3. The van der Waals surface area contributed by atoms with Crippen LogP contribution in [0.25, 0.3) is 5.69 Å². The van der Waals surface area contributed by atoms with E-state index in [4.69, 9.17) is 11.6 Å². The minimum atomic E-state index is -1.06. The fourth-order valence-electron chi connectivity index (χ4n) is 3.62.